The monoisotopic (exact) mass is 502 g/mol. The second kappa shape index (κ2) is 14.3. The maximum atomic E-state index is 10.2. The van der Waals surface area contributed by atoms with Crippen LogP contribution in [0.15, 0.2) is 43.7 Å². The molecule has 0 bridgehead atoms. The molecule has 12 heteroatoms. The van der Waals surface area contributed by atoms with E-state index in [1.807, 2.05) is 9.97 Å². The first kappa shape index (κ1) is 27.3. The molecule has 2 aromatic heterocycles. The van der Waals surface area contributed by atoms with Crippen LogP contribution in [0.25, 0.3) is 0 Å². The van der Waals surface area contributed by atoms with E-state index >= 15 is 0 Å². The van der Waals surface area contributed by atoms with Crippen molar-refractivity contribution in [1.29, 1.82) is 0 Å². The van der Waals surface area contributed by atoms with Gasteiger partial charge in [-0.15, -0.1) is 0 Å². The Hall–Kier alpha value is -1.08. The number of hydrogen-bond acceptors (Lipinski definition) is 4. The van der Waals surface area contributed by atoms with Gasteiger partial charge in [-0.05, 0) is 0 Å². The van der Waals surface area contributed by atoms with Crippen LogP contribution in [0.3, 0.4) is 0 Å². The van der Waals surface area contributed by atoms with E-state index in [1.54, 1.807) is 0 Å². The molecule has 2 heterocycles. The van der Waals surface area contributed by atoms with Crippen molar-refractivity contribution < 1.29 is 11.0 Å². The van der Waals surface area contributed by atoms with Gasteiger partial charge in [0, 0.05) is 73.4 Å². The van der Waals surface area contributed by atoms with Crippen molar-refractivity contribution >= 4 is 48.9 Å². The molecule has 0 amide bonds. The molecule has 2 rings (SSSR count). The van der Waals surface area contributed by atoms with Crippen molar-refractivity contribution in [2.75, 3.05) is 0 Å². The van der Waals surface area contributed by atoms with Crippen molar-refractivity contribution in [2.24, 2.45) is 0 Å². The molecule has 10 nitrogen and oxygen atoms in total. The van der Waals surface area contributed by atoms with E-state index in [4.69, 9.17) is 0 Å². The van der Waals surface area contributed by atoms with Crippen LogP contribution in [0.1, 0.15) is 0 Å². The predicted octanol–water partition coefficient (Wildman–Crippen LogP) is -4.28. The summed E-state index contributed by atoms with van der Waals surface area (Å²) in [4.78, 5) is 49.3. The molecule has 0 spiro atoms. The molecule has 110 valence electrons. The zero-order chi connectivity index (χ0) is 12.0. The molecule has 0 unspecified atom stereocenters. The van der Waals surface area contributed by atoms with E-state index in [0.717, 1.165) is 0 Å². The third-order valence-electron chi connectivity index (χ3n) is 1.37. The molecular formula is C8H12N4O6Sb2. The molecule has 0 saturated carbocycles. The van der Waals surface area contributed by atoms with Gasteiger partial charge in [0.1, 0.15) is 0 Å². The van der Waals surface area contributed by atoms with Crippen molar-refractivity contribution in [3.05, 3.63) is 66.2 Å². The van der Waals surface area contributed by atoms with Gasteiger partial charge < -0.3 is 20.9 Å². The summed E-state index contributed by atoms with van der Waals surface area (Å²) in [7, 11) is 0. The molecule has 0 saturated heterocycles. The number of aromatic nitrogens is 4. The Morgan fingerprint density at radius 2 is 0.950 bits per heavy atom. The van der Waals surface area contributed by atoms with Crippen molar-refractivity contribution in [3.8, 4) is 0 Å². The smallest absolute Gasteiger partial charge is 0.325 e. The fourth-order valence-electron chi connectivity index (χ4n) is 0.765. The van der Waals surface area contributed by atoms with E-state index in [0.29, 0.717) is 0 Å². The first-order valence-electron chi connectivity index (χ1n) is 4.14. The summed E-state index contributed by atoms with van der Waals surface area (Å²) in [6.07, 6.45) is 2.59. The standard InChI is InChI=1S/2C4H4N2O2.2H2O.2Sb/c2*7-3-1-2-5-4(8)6-3;;;;/h2*1-2H,(H2,5,6,7,8);2*1H2;;. The number of aromatic amines is 4. The molecule has 0 fully saturated rings. The third kappa shape index (κ3) is 12.0. The van der Waals surface area contributed by atoms with Crippen LogP contribution in [0.2, 0.25) is 0 Å². The molecule has 0 aromatic carbocycles. The maximum Gasteiger partial charge on any atom is 0.325 e. The van der Waals surface area contributed by atoms with Gasteiger partial charge in [0.05, 0.1) is 0 Å². The molecule has 0 aliphatic heterocycles. The fraction of sp³-hybridized carbons (Fsp3) is 0. The average Bonchev–Trinajstić information content (AvgIpc) is 2.17. The second-order valence-electron chi connectivity index (χ2n) is 2.59. The Morgan fingerprint density at radius 1 is 0.650 bits per heavy atom. The molecule has 8 N–H and O–H groups in total. The van der Waals surface area contributed by atoms with Crippen LogP contribution in [-0.4, -0.2) is 79.7 Å². The molecule has 6 radical (unpaired) electrons. The zero-order valence-electron chi connectivity index (χ0n) is 9.84. The van der Waals surface area contributed by atoms with Gasteiger partial charge in [0.25, 0.3) is 11.1 Å². The minimum atomic E-state index is -0.475. The number of nitrogens with one attached hydrogen (secondary N) is 4. The molecular weight excluding hydrogens is 492 g/mol. The van der Waals surface area contributed by atoms with Crippen LogP contribution in [-0.2, 0) is 0 Å². The minimum Gasteiger partial charge on any atom is -0.412 e. The zero-order valence-corrected chi connectivity index (χ0v) is 14.9. The van der Waals surface area contributed by atoms with Crippen LogP contribution in [0.5, 0.6) is 0 Å². The molecule has 2 aromatic rings. The molecule has 0 aliphatic rings. The Bertz CT molecular complexity index is 565. The normalized spacial score (nSPS) is 7.20. The van der Waals surface area contributed by atoms with Gasteiger partial charge >= 0.3 is 11.4 Å². The summed E-state index contributed by atoms with van der Waals surface area (Å²) in [6, 6.07) is 2.48. The Kier molecular flexibility index (Phi) is 19.6. The minimum absolute atomic E-state index is 0. The SMILES string of the molecule is O.O.O=c1cc[nH]c(=O)[nH]1.O=c1cc[nH]c(=O)[nH]1.[Sb].[Sb]. The summed E-state index contributed by atoms with van der Waals surface area (Å²) in [6.45, 7) is 0. The predicted molar refractivity (Wildman–Crippen MR) is 74.1 cm³/mol. The van der Waals surface area contributed by atoms with Crippen molar-refractivity contribution in [2.45, 2.75) is 0 Å². The van der Waals surface area contributed by atoms with E-state index in [2.05, 4.69) is 9.97 Å². The van der Waals surface area contributed by atoms with Crippen LogP contribution in [0.4, 0.5) is 0 Å². The first-order valence-corrected chi connectivity index (χ1v) is 4.14. The van der Waals surface area contributed by atoms with E-state index in [-0.39, 0.29) is 70.9 Å². The average molecular weight is 504 g/mol. The van der Waals surface area contributed by atoms with E-state index in [1.165, 1.54) is 24.5 Å². The van der Waals surface area contributed by atoms with Crippen molar-refractivity contribution in [3.63, 3.8) is 0 Å². The van der Waals surface area contributed by atoms with Crippen LogP contribution in [0, 0.1) is 0 Å². The quantitative estimate of drug-likeness (QED) is 0.264. The topological polar surface area (TPSA) is 194 Å². The number of hydrogen-bond donors (Lipinski definition) is 4. The number of H-pyrrole nitrogens is 4. The third-order valence-corrected chi connectivity index (χ3v) is 1.37. The van der Waals surface area contributed by atoms with Gasteiger partial charge in [-0.25, -0.2) is 9.59 Å². The largest absolute Gasteiger partial charge is 0.412 e. The van der Waals surface area contributed by atoms with Gasteiger partial charge in [-0.3, -0.25) is 19.6 Å². The van der Waals surface area contributed by atoms with Crippen LogP contribution < -0.4 is 22.5 Å². The van der Waals surface area contributed by atoms with Gasteiger partial charge in [-0.2, -0.15) is 0 Å². The summed E-state index contributed by atoms with van der Waals surface area (Å²) in [5, 5.41) is 0. The molecule has 0 atom stereocenters. The van der Waals surface area contributed by atoms with E-state index < -0.39 is 11.4 Å². The summed E-state index contributed by atoms with van der Waals surface area (Å²) in [5.41, 5.74) is -1.71. The van der Waals surface area contributed by atoms with Gasteiger partial charge in [0.15, 0.2) is 0 Å². The number of rotatable bonds is 0. The maximum absolute atomic E-state index is 10.2. The fourth-order valence-corrected chi connectivity index (χ4v) is 0.765. The molecule has 20 heavy (non-hydrogen) atoms. The van der Waals surface area contributed by atoms with Crippen molar-refractivity contribution in [1.82, 2.24) is 19.9 Å². The Labute approximate surface area is 145 Å². The Balaban J connectivity index is -0.000000107. The summed E-state index contributed by atoms with van der Waals surface area (Å²) < 4.78 is 0. The second-order valence-corrected chi connectivity index (χ2v) is 2.59. The van der Waals surface area contributed by atoms with Gasteiger partial charge in [-0.1, -0.05) is 0 Å². The van der Waals surface area contributed by atoms with E-state index in [9.17, 15) is 19.2 Å². The summed E-state index contributed by atoms with van der Waals surface area (Å²) in [5.74, 6) is 0. The summed E-state index contributed by atoms with van der Waals surface area (Å²) >= 11 is 0. The Morgan fingerprint density at radius 3 is 1.10 bits per heavy atom. The first-order chi connectivity index (χ1) is 7.58. The molecule has 0 aliphatic carbocycles. The van der Waals surface area contributed by atoms with Crippen LogP contribution >= 0.6 is 0 Å². The van der Waals surface area contributed by atoms with Gasteiger partial charge in [0.2, 0.25) is 0 Å².